The van der Waals surface area contributed by atoms with Gasteiger partial charge in [-0.25, -0.2) is 4.79 Å². The van der Waals surface area contributed by atoms with Crippen LogP contribution in [-0.4, -0.2) is 45.8 Å². The van der Waals surface area contributed by atoms with Crippen LogP contribution >= 0.6 is 0 Å². The number of carbonyl (C=O) groups excluding carboxylic acids is 2. The molecule has 2 aliphatic heterocycles. The lowest BCUT2D eigenvalue weighted by Gasteiger charge is -2.32. The Hall–Kier alpha value is -3.19. The number of piperidine rings is 1. The molecule has 160 valence electrons. The first-order valence-corrected chi connectivity index (χ1v) is 11.0. The summed E-state index contributed by atoms with van der Waals surface area (Å²) in [6.07, 6.45) is 3.42. The van der Waals surface area contributed by atoms with E-state index in [1.807, 2.05) is 47.0 Å². The molecule has 1 fully saturated rings. The summed E-state index contributed by atoms with van der Waals surface area (Å²) in [6.45, 7) is 2.47. The molecule has 5 rings (SSSR count). The quantitative estimate of drug-likeness (QED) is 0.623. The molecule has 3 aromatic rings. The van der Waals surface area contributed by atoms with Crippen LogP contribution in [0, 0.1) is 0 Å². The van der Waals surface area contributed by atoms with Crippen LogP contribution in [0.5, 0.6) is 0 Å². The Morgan fingerprint density at radius 3 is 2.68 bits per heavy atom. The largest absolute Gasteiger partial charge is 0.326 e. The number of ketones is 1. The number of nitrogens with zero attached hydrogens (tertiary/aromatic N) is 2. The lowest BCUT2D eigenvalue weighted by Crippen LogP contribution is -2.38. The number of aromatic amines is 1. The summed E-state index contributed by atoms with van der Waals surface area (Å²) in [5, 5.41) is 2.86. The average Bonchev–Trinajstić information content (AvgIpc) is 3.13. The number of H-pyrrole nitrogens is 1. The third-order valence-corrected chi connectivity index (χ3v) is 6.52. The van der Waals surface area contributed by atoms with E-state index >= 15 is 0 Å². The second kappa shape index (κ2) is 8.15. The summed E-state index contributed by atoms with van der Waals surface area (Å²) in [4.78, 5) is 41.9. The molecule has 0 atom stereocenters. The first kappa shape index (κ1) is 19.8. The Morgan fingerprint density at radius 1 is 1.03 bits per heavy atom. The van der Waals surface area contributed by atoms with Gasteiger partial charge in [0, 0.05) is 49.8 Å². The summed E-state index contributed by atoms with van der Waals surface area (Å²) >= 11 is 0. The van der Waals surface area contributed by atoms with Crippen molar-refractivity contribution in [3.63, 3.8) is 0 Å². The molecule has 1 amide bonds. The van der Waals surface area contributed by atoms with E-state index in [1.54, 1.807) is 0 Å². The van der Waals surface area contributed by atoms with Gasteiger partial charge in [-0.15, -0.1) is 0 Å². The number of aryl methyl sites for hydroxylation is 1. The molecule has 7 heteroatoms. The number of rotatable bonds is 5. The number of imidazole rings is 1. The van der Waals surface area contributed by atoms with E-state index < -0.39 is 0 Å². The van der Waals surface area contributed by atoms with E-state index in [0.29, 0.717) is 19.3 Å². The highest BCUT2D eigenvalue weighted by atomic mass is 16.2. The molecule has 2 N–H and O–H groups in total. The van der Waals surface area contributed by atoms with Crippen molar-refractivity contribution in [2.75, 3.05) is 25.0 Å². The lowest BCUT2D eigenvalue weighted by atomic mass is 9.97. The molecular weight excluding hydrogens is 392 g/mol. The molecule has 3 heterocycles. The molecule has 0 unspecified atom stereocenters. The Morgan fingerprint density at radius 2 is 1.84 bits per heavy atom. The van der Waals surface area contributed by atoms with Gasteiger partial charge in [0.25, 0.3) is 0 Å². The fraction of sp³-hybridized carbons (Fsp3) is 0.375. The van der Waals surface area contributed by atoms with Crippen molar-refractivity contribution in [1.29, 1.82) is 0 Å². The van der Waals surface area contributed by atoms with Crippen LogP contribution in [0.15, 0.2) is 47.3 Å². The molecule has 31 heavy (non-hydrogen) atoms. The van der Waals surface area contributed by atoms with Crippen molar-refractivity contribution in [3.8, 4) is 0 Å². The molecule has 0 radical (unpaired) electrons. The zero-order valence-corrected chi connectivity index (χ0v) is 17.4. The first-order valence-electron chi connectivity index (χ1n) is 11.0. The van der Waals surface area contributed by atoms with Crippen LogP contribution < -0.4 is 11.0 Å². The number of hydrogen-bond acceptors (Lipinski definition) is 4. The van der Waals surface area contributed by atoms with E-state index in [2.05, 4.69) is 15.2 Å². The number of aromatic nitrogens is 2. The second-order valence-corrected chi connectivity index (χ2v) is 8.48. The molecule has 1 saturated heterocycles. The molecular formula is C24H26N4O3. The fourth-order valence-corrected chi connectivity index (χ4v) is 4.80. The predicted molar refractivity (Wildman–Crippen MR) is 120 cm³/mol. The van der Waals surface area contributed by atoms with E-state index in [4.69, 9.17) is 0 Å². The summed E-state index contributed by atoms with van der Waals surface area (Å²) < 4.78 is 1.89. The lowest BCUT2D eigenvalue weighted by molar-refractivity contribution is -0.116. The number of likely N-dealkylation sites (tertiary alicyclic amines) is 1. The highest BCUT2D eigenvalue weighted by molar-refractivity contribution is 5.99. The van der Waals surface area contributed by atoms with Gasteiger partial charge in [0.05, 0.1) is 11.0 Å². The zero-order valence-electron chi connectivity index (χ0n) is 17.4. The highest BCUT2D eigenvalue weighted by Crippen LogP contribution is 2.26. The molecule has 0 spiro atoms. The van der Waals surface area contributed by atoms with Gasteiger partial charge >= 0.3 is 5.69 Å². The van der Waals surface area contributed by atoms with E-state index in [1.165, 1.54) is 0 Å². The highest BCUT2D eigenvalue weighted by Gasteiger charge is 2.24. The Kier molecular flexibility index (Phi) is 5.19. The molecule has 1 aromatic heterocycles. The number of fused-ring (bicyclic) bond motifs is 2. The molecule has 2 aliphatic rings. The molecule has 2 aromatic carbocycles. The Balaban J connectivity index is 1.18. The van der Waals surface area contributed by atoms with Crippen molar-refractivity contribution in [2.45, 2.75) is 38.1 Å². The van der Waals surface area contributed by atoms with E-state index in [0.717, 1.165) is 60.3 Å². The minimum Gasteiger partial charge on any atom is -0.326 e. The number of amides is 1. The van der Waals surface area contributed by atoms with Crippen molar-refractivity contribution in [2.24, 2.45) is 0 Å². The minimum absolute atomic E-state index is 0.0323. The molecule has 0 saturated carbocycles. The van der Waals surface area contributed by atoms with Gasteiger partial charge in [-0.1, -0.05) is 12.1 Å². The standard InChI is InChI=1S/C24H26N4O3/c29-22(17-5-7-19-16(15-17)6-8-23(30)25-19)11-14-27-12-9-18(10-13-27)28-21-4-2-1-3-20(21)26-24(28)31/h1-5,7,15,18H,6,8-14H2,(H,25,30)(H,26,31). The van der Waals surface area contributed by atoms with E-state index in [-0.39, 0.29) is 23.4 Å². The van der Waals surface area contributed by atoms with Crippen LogP contribution in [0.2, 0.25) is 0 Å². The first-order chi connectivity index (χ1) is 15.1. The maximum atomic E-state index is 12.7. The van der Waals surface area contributed by atoms with Crippen molar-refractivity contribution < 1.29 is 9.59 Å². The van der Waals surface area contributed by atoms with Gasteiger partial charge in [-0.05, 0) is 55.2 Å². The van der Waals surface area contributed by atoms with Crippen LogP contribution in [0.1, 0.15) is 47.6 Å². The Bertz CT molecular complexity index is 1200. The second-order valence-electron chi connectivity index (χ2n) is 8.48. The summed E-state index contributed by atoms with van der Waals surface area (Å²) in [7, 11) is 0. The summed E-state index contributed by atoms with van der Waals surface area (Å²) in [6, 6.07) is 13.6. The number of hydrogen-bond donors (Lipinski definition) is 2. The number of carbonyl (C=O) groups is 2. The zero-order chi connectivity index (χ0) is 21.4. The molecule has 0 aliphatic carbocycles. The van der Waals surface area contributed by atoms with Gasteiger partial charge in [-0.3, -0.25) is 14.2 Å². The van der Waals surface area contributed by atoms with Crippen LogP contribution in [0.25, 0.3) is 11.0 Å². The fourth-order valence-electron chi connectivity index (χ4n) is 4.80. The SMILES string of the molecule is O=C1CCc2cc(C(=O)CCN3CCC(n4c(=O)[nH]c5ccccc54)CC3)ccc2N1. The maximum absolute atomic E-state index is 12.7. The van der Waals surface area contributed by atoms with Crippen LogP contribution in [0.4, 0.5) is 5.69 Å². The smallest absolute Gasteiger partial charge is 0.326 e. The predicted octanol–water partition coefficient (Wildman–Crippen LogP) is 3.12. The number of anilines is 1. The number of nitrogens with one attached hydrogen (secondary N) is 2. The number of Topliss-reactive ketones (excluding diaryl/α,β-unsaturated/α-hetero) is 1. The van der Waals surface area contributed by atoms with Crippen molar-refractivity contribution in [3.05, 3.63) is 64.1 Å². The molecule has 7 nitrogen and oxygen atoms in total. The third-order valence-electron chi connectivity index (χ3n) is 6.52. The monoisotopic (exact) mass is 418 g/mol. The molecule has 0 bridgehead atoms. The van der Waals surface area contributed by atoms with E-state index in [9.17, 15) is 14.4 Å². The van der Waals surface area contributed by atoms with Gasteiger partial charge < -0.3 is 15.2 Å². The van der Waals surface area contributed by atoms with Gasteiger partial charge in [0.2, 0.25) is 5.91 Å². The average molecular weight is 418 g/mol. The number of para-hydroxylation sites is 2. The van der Waals surface area contributed by atoms with Crippen LogP contribution in [0.3, 0.4) is 0 Å². The number of benzene rings is 2. The summed E-state index contributed by atoms with van der Waals surface area (Å²) in [5.74, 6) is 0.166. The topological polar surface area (TPSA) is 87.2 Å². The van der Waals surface area contributed by atoms with Crippen molar-refractivity contribution >= 4 is 28.4 Å². The normalized spacial score (nSPS) is 17.5. The van der Waals surface area contributed by atoms with Crippen molar-refractivity contribution in [1.82, 2.24) is 14.5 Å². The van der Waals surface area contributed by atoms with Gasteiger partial charge in [0.15, 0.2) is 5.78 Å². The third kappa shape index (κ3) is 3.93. The Labute approximate surface area is 180 Å². The van der Waals surface area contributed by atoms with Gasteiger partial charge in [-0.2, -0.15) is 0 Å². The summed E-state index contributed by atoms with van der Waals surface area (Å²) in [5.41, 5.74) is 4.38. The van der Waals surface area contributed by atoms with Crippen LogP contribution in [-0.2, 0) is 11.2 Å². The van der Waals surface area contributed by atoms with Gasteiger partial charge in [0.1, 0.15) is 0 Å². The maximum Gasteiger partial charge on any atom is 0.326 e. The minimum atomic E-state index is -0.0431.